The van der Waals surface area contributed by atoms with Gasteiger partial charge in [-0.15, -0.1) is 0 Å². The average molecular weight is 290 g/mol. The highest BCUT2D eigenvalue weighted by Gasteiger charge is 2.31. The SMILES string of the molecule is CCCNCc1cnc(N2CCC(CC)(CC)CC2)nc1. The molecular weight excluding hydrogens is 260 g/mol. The summed E-state index contributed by atoms with van der Waals surface area (Å²) in [5, 5.41) is 3.38. The first-order valence-electron chi connectivity index (χ1n) is 8.49. The molecule has 1 aliphatic heterocycles. The van der Waals surface area contributed by atoms with Crippen LogP contribution in [0, 0.1) is 5.41 Å². The van der Waals surface area contributed by atoms with Crippen LogP contribution < -0.4 is 10.2 Å². The second-order valence-electron chi connectivity index (χ2n) is 6.26. The van der Waals surface area contributed by atoms with Crippen LogP contribution in [0.5, 0.6) is 0 Å². The Labute approximate surface area is 129 Å². The van der Waals surface area contributed by atoms with E-state index in [-0.39, 0.29) is 0 Å². The fourth-order valence-corrected chi connectivity index (χ4v) is 3.15. The number of nitrogens with one attached hydrogen (secondary N) is 1. The summed E-state index contributed by atoms with van der Waals surface area (Å²) in [6.45, 7) is 10.9. The maximum Gasteiger partial charge on any atom is 0.225 e. The minimum absolute atomic E-state index is 0.556. The fraction of sp³-hybridized carbons (Fsp3) is 0.765. The molecule has 1 aromatic heterocycles. The van der Waals surface area contributed by atoms with E-state index in [4.69, 9.17) is 0 Å². The summed E-state index contributed by atoms with van der Waals surface area (Å²) in [7, 11) is 0. The second-order valence-corrected chi connectivity index (χ2v) is 6.26. The van der Waals surface area contributed by atoms with Gasteiger partial charge in [0.05, 0.1) is 0 Å². The summed E-state index contributed by atoms with van der Waals surface area (Å²) in [6.07, 6.45) is 10.2. The van der Waals surface area contributed by atoms with Crippen molar-refractivity contribution in [2.45, 2.75) is 59.4 Å². The van der Waals surface area contributed by atoms with Gasteiger partial charge in [0.1, 0.15) is 0 Å². The van der Waals surface area contributed by atoms with Gasteiger partial charge in [0.25, 0.3) is 0 Å². The van der Waals surface area contributed by atoms with Crippen molar-refractivity contribution in [1.29, 1.82) is 0 Å². The zero-order chi connectivity index (χ0) is 15.1. The van der Waals surface area contributed by atoms with Gasteiger partial charge in [-0.2, -0.15) is 0 Å². The molecule has 0 saturated carbocycles. The van der Waals surface area contributed by atoms with E-state index < -0.39 is 0 Å². The highest BCUT2D eigenvalue weighted by Crippen LogP contribution is 2.38. The van der Waals surface area contributed by atoms with Crippen LogP contribution in [0.2, 0.25) is 0 Å². The molecule has 0 amide bonds. The summed E-state index contributed by atoms with van der Waals surface area (Å²) in [5.41, 5.74) is 1.72. The number of anilines is 1. The zero-order valence-corrected chi connectivity index (χ0v) is 13.9. The molecule has 0 radical (unpaired) electrons. The minimum atomic E-state index is 0.556. The molecule has 0 unspecified atom stereocenters. The summed E-state index contributed by atoms with van der Waals surface area (Å²) in [5.74, 6) is 0.898. The molecule has 1 aromatic rings. The van der Waals surface area contributed by atoms with Crippen LogP contribution in [0.25, 0.3) is 0 Å². The van der Waals surface area contributed by atoms with Gasteiger partial charge in [-0.3, -0.25) is 0 Å². The lowest BCUT2D eigenvalue weighted by Gasteiger charge is -2.41. The molecule has 1 N–H and O–H groups in total. The molecule has 0 aliphatic carbocycles. The van der Waals surface area contributed by atoms with E-state index >= 15 is 0 Å². The first-order chi connectivity index (χ1) is 10.2. The van der Waals surface area contributed by atoms with Gasteiger partial charge >= 0.3 is 0 Å². The van der Waals surface area contributed by atoms with Gasteiger partial charge in [0.2, 0.25) is 5.95 Å². The van der Waals surface area contributed by atoms with Crippen LogP contribution in [-0.4, -0.2) is 29.6 Å². The minimum Gasteiger partial charge on any atom is -0.341 e. The number of rotatable bonds is 7. The number of nitrogens with zero attached hydrogens (tertiary/aromatic N) is 3. The van der Waals surface area contributed by atoms with Crippen molar-refractivity contribution in [2.24, 2.45) is 5.41 Å². The fourth-order valence-electron chi connectivity index (χ4n) is 3.15. The Kier molecular flexibility index (Phi) is 5.97. The van der Waals surface area contributed by atoms with Crippen LogP contribution in [0.1, 0.15) is 58.4 Å². The maximum absolute atomic E-state index is 4.56. The van der Waals surface area contributed by atoms with E-state index in [9.17, 15) is 0 Å². The number of hydrogen-bond donors (Lipinski definition) is 1. The first-order valence-corrected chi connectivity index (χ1v) is 8.49. The molecular formula is C17H30N4. The summed E-state index contributed by atoms with van der Waals surface area (Å²) >= 11 is 0. The van der Waals surface area contributed by atoms with Gasteiger partial charge in [-0.25, -0.2) is 9.97 Å². The van der Waals surface area contributed by atoms with Gasteiger partial charge in [0, 0.05) is 37.6 Å². The van der Waals surface area contributed by atoms with Crippen LogP contribution in [0.3, 0.4) is 0 Å². The Morgan fingerprint density at radius 1 is 1.10 bits per heavy atom. The molecule has 0 spiro atoms. The molecule has 4 heteroatoms. The molecule has 2 rings (SSSR count). The third-order valence-corrected chi connectivity index (χ3v) is 5.05. The second kappa shape index (κ2) is 7.74. The lowest BCUT2D eigenvalue weighted by molar-refractivity contribution is 0.198. The number of aromatic nitrogens is 2. The smallest absolute Gasteiger partial charge is 0.225 e. The van der Waals surface area contributed by atoms with Crippen LogP contribution in [0.15, 0.2) is 12.4 Å². The van der Waals surface area contributed by atoms with Crippen LogP contribution in [-0.2, 0) is 6.54 Å². The standard InChI is InChI=1S/C17H30N4/c1-4-9-18-12-15-13-19-16(20-14-15)21-10-7-17(5-2,6-3)8-11-21/h13-14,18H,4-12H2,1-3H3. The Morgan fingerprint density at radius 2 is 1.71 bits per heavy atom. The maximum atomic E-state index is 4.56. The molecule has 2 heterocycles. The predicted octanol–water partition coefficient (Wildman–Crippen LogP) is 3.38. The predicted molar refractivity (Wildman–Crippen MR) is 88.5 cm³/mol. The molecule has 21 heavy (non-hydrogen) atoms. The Hall–Kier alpha value is -1.16. The first kappa shape index (κ1) is 16.2. The van der Waals surface area contributed by atoms with Crippen molar-refractivity contribution < 1.29 is 0 Å². The lowest BCUT2D eigenvalue weighted by Crippen LogP contribution is -2.40. The van der Waals surface area contributed by atoms with Crippen LogP contribution >= 0.6 is 0 Å². The van der Waals surface area contributed by atoms with Crippen molar-refractivity contribution in [2.75, 3.05) is 24.5 Å². The molecule has 1 saturated heterocycles. The van der Waals surface area contributed by atoms with E-state index in [1.807, 2.05) is 12.4 Å². The Balaban J connectivity index is 1.89. The summed E-state index contributed by atoms with van der Waals surface area (Å²) < 4.78 is 0. The Morgan fingerprint density at radius 3 is 2.24 bits per heavy atom. The van der Waals surface area contributed by atoms with Crippen molar-refractivity contribution in [3.8, 4) is 0 Å². The van der Waals surface area contributed by atoms with Crippen molar-refractivity contribution in [3.63, 3.8) is 0 Å². The topological polar surface area (TPSA) is 41.1 Å². The highest BCUT2D eigenvalue weighted by molar-refractivity contribution is 5.30. The van der Waals surface area contributed by atoms with Crippen LogP contribution in [0.4, 0.5) is 5.95 Å². The monoisotopic (exact) mass is 290 g/mol. The van der Waals surface area contributed by atoms with E-state index in [0.29, 0.717) is 5.41 Å². The van der Waals surface area contributed by atoms with Gasteiger partial charge in [-0.1, -0.05) is 33.6 Å². The molecule has 0 bridgehead atoms. The molecule has 1 aliphatic rings. The zero-order valence-electron chi connectivity index (χ0n) is 13.9. The summed E-state index contributed by atoms with van der Waals surface area (Å²) in [4.78, 5) is 11.5. The molecule has 0 aromatic carbocycles. The highest BCUT2D eigenvalue weighted by atomic mass is 15.2. The third kappa shape index (κ3) is 4.16. The van der Waals surface area contributed by atoms with Crippen molar-refractivity contribution in [1.82, 2.24) is 15.3 Å². The van der Waals surface area contributed by atoms with E-state index in [2.05, 4.69) is 41.0 Å². The van der Waals surface area contributed by atoms with E-state index in [0.717, 1.165) is 38.5 Å². The van der Waals surface area contributed by atoms with E-state index in [1.54, 1.807) is 0 Å². The van der Waals surface area contributed by atoms with Gasteiger partial charge in [-0.05, 0) is 31.2 Å². The van der Waals surface area contributed by atoms with Gasteiger partial charge in [0.15, 0.2) is 0 Å². The normalized spacial score (nSPS) is 18.0. The quantitative estimate of drug-likeness (QED) is 0.782. The lowest BCUT2D eigenvalue weighted by atomic mass is 9.74. The third-order valence-electron chi connectivity index (χ3n) is 5.05. The molecule has 1 fully saturated rings. The molecule has 4 nitrogen and oxygen atoms in total. The van der Waals surface area contributed by atoms with Crippen molar-refractivity contribution >= 4 is 5.95 Å². The average Bonchev–Trinajstić information content (AvgIpc) is 2.56. The van der Waals surface area contributed by atoms with Crippen molar-refractivity contribution in [3.05, 3.63) is 18.0 Å². The van der Waals surface area contributed by atoms with Gasteiger partial charge < -0.3 is 10.2 Å². The molecule has 118 valence electrons. The molecule has 0 atom stereocenters. The number of hydrogen-bond acceptors (Lipinski definition) is 4. The van der Waals surface area contributed by atoms with E-state index in [1.165, 1.54) is 31.2 Å². The number of piperidine rings is 1. The summed E-state index contributed by atoms with van der Waals surface area (Å²) in [6, 6.07) is 0. The largest absolute Gasteiger partial charge is 0.341 e. The Bertz CT molecular complexity index is 401.